The number of nitrogens with two attached hydrogens (primary N) is 1. The van der Waals surface area contributed by atoms with E-state index < -0.39 is 5.97 Å². The lowest BCUT2D eigenvalue weighted by Crippen LogP contribution is -2.16. The van der Waals surface area contributed by atoms with Gasteiger partial charge >= 0.3 is 5.97 Å². The van der Waals surface area contributed by atoms with Gasteiger partial charge in [-0.3, -0.25) is 9.90 Å². The van der Waals surface area contributed by atoms with Gasteiger partial charge in [-0.2, -0.15) is 0 Å². The lowest BCUT2D eigenvalue weighted by molar-refractivity contribution is 0.0698. The van der Waals surface area contributed by atoms with E-state index in [-0.39, 0.29) is 11.3 Å². The zero-order valence-electron chi connectivity index (χ0n) is 8.94. The molecule has 0 fully saturated rings. The molecule has 0 amide bonds. The first-order valence-electron chi connectivity index (χ1n) is 4.38. The minimum absolute atomic E-state index is 0.0916. The summed E-state index contributed by atoms with van der Waals surface area (Å²) in [5, 5.41) is 10.4. The van der Waals surface area contributed by atoms with Gasteiger partial charge in [0, 0.05) is 12.7 Å². The molecular formula is C10H14N2O3. The fourth-order valence-electron chi connectivity index (χ4n) is 1.24. The number of nitrogen functional groups attached to an aromatic ring is 1. The molecule has 1 aromatic carbocycles. The Bertz CT molecular complexity index is 390. The van der Waals surface area contributed by atoms with E-state index in [1.807, 2.05) is 0 Å². The van der Waals surface area contributed by atoms with Crippen molar-refractivity contribution in [2.45, 2.75) is 6.92 Å². The standard InChI is InChI=1S/C10H14N2O3/c1-6-4-7(12(2)15-3)5-8(9(6)11)10(13)14/h4-5H,11H2,1-3H3,(H,13,14). The summed E-state index contributed by atoms with van der Waals surface area (Å²) in [6, 6.07) is 3.25. The van der Waals surface area contributed by atoms with Crippen LogP contribution in [0.3, 0.4) is 0 Å². The highest BCUT2D eigenvalue weighted by atomic mass is 16.7. The first-order valence-corrected chi connectivity index (χ1v) is 4.38. The first kappa shape index (κ1) is 11.3. The monoisotopic (exact) mass is 210 g/mol. The molecule has 0 atom stereocenters. The summed E-state index contributed by atoms with van der Waals surface area (Å²) in [5.74, 6) is -1.04. The van der Waals surface area contributed by atoms with E-state index in [9.17, 15) is 4.79 Å². The first-order chi connectivity index (χ1) is 6.97. The molecular weight excluding hydrogens is 196 g/mol. The number of nitrogens with zero attached hydrogens (tertiary/aromatic N) is 1. The molecule has 1 aromatic rings. The number of carboxylic acids is 1. The van der Waals surface area contributed by atoms with Crippen LogP contribution in [-0.4, -0.2) is 25.2 Å². The summed E-state index contributed by atoms with van der Waals surface area (Å²) < 4.78 is 0. The van der Waals surface area contributed by atoms with Gasteiger partial charge in [0.15, 0.2) is 0 Å². The second kappa shape index (κ2) is 4.18. The van der Waals surface area contributed by atoms with Crippen LogP contribution in [0.1, 0.15) is 15.9 Å². The average molecular weight is 210 g/mol. The van der Waals surface area contributed by atoms with Crippen molar-refractivity contribution in [2.75, 3.05) is 25.0 Å². The third-order valence-corrected chi connectivity index (χ3v) is 2.24. The van der Waals surface area contributed by atoms with Crippen LogP contribution in [0.25, 0.3) is 0 Å². The van der Waals surface area contributed by atoms with Crippen LogP contribution in [0, 0.1) is 6.92 Å². The van der Waals surface area contributed by atoms with Crippen LogP contribution in [0.15, 0.2) is 12.1 Å². The van der Waals surface area contributed by atoms with Gasteiger partial charge in [0.05, 0.1) is 18.4 Å². The van der Waals surface area contributed by atoms with Crippen LogP contribution in [0.4, 0.5) is 11.4 Å². The fourth-order valence-corrected chi connectivity index (χ4v) is 1.24. The predicted molar refractivity (Wildman–Crippen MR) is 58.0 cm³/mol. The smallest absolute Gasteiger partial charge is 0.337 e. The van der Waals surface area contributed by atoms with E-state index in [0.717, 1.165) is 0 Å². The molecule has 0 spiro atoms. The summed E-state index contributed by atoms with van der Waals surface area (Å²) in [4.78, 5) is 15.9. The average Bonchev–Trinajstić information content (AvgIpc) is 2.20. The van der Waals surface area contributed by atoms with Gasteiger partial charge < -0.3 is 10.8 Å². The molecule has 5 heteroatoms. The van der Waals surface area contributed by atoms with Crippen molar-refractivity contribution in [3.63, 3.8) is 0 Å². The van der Waals surface area contributed by atoms with E-state index in [1.165, 1.54) is 18.2 Å². The number of carboxylic acid groups (broad SMARTS) is 1. The van der Waals surface area contributed by atoms with Crippen molar-refractivity contribution >= 4 is 17.3 Å². The summed E-state index contributed by atoms with van der Waals surface area (Å²) >= 11 is 0. The number of aromatic carboxylic acids is 1. The Balaban J connectivity index is 3.29. The number of benzene rings is 1. The van der Waals surface area contributed by atoms with Crippen molar-refractivity contribution in [1.82, 2.24) is 0 Å². The van der Waals surface area contributed by atoms with Crippen molar-refractivity contribution in [3.05, 3.63) is 23.3 Å². The predicted octanol–water partition coefficient (Wildman–Crippen LogP) is 1.27. The molecule has 15 heavy (non-hydrogen) atoms. The largest absolute Gasteiger partial charge is 0.478 e. The highest BCUT2D eigenvalue weighted by Gasteiger charge is 2.13. The number of carbonyl (C=O) groups is 1. The Labute approximate surface area is 88.0 Å². The second-order valence-electron chi connectivity index (χ2n) is 3.21. The summed E-state index contributed by atoms with van der Waals surface area (Å²) in [6.45, 7) is 1.76. The van der Waals surface area contributed by atoms with Crippen molar-refractivity contribution < 1.29 is 14.7 Å². The van der Waals surface area contributed by atoms with Crippen LogP contribution in [0.5, 0.6) is 0 Å². The van der Waals surface area contributed by atoms with Crippen molar-refractivity contribution in [2.24, 2.45) is 0 Å². The Hall–Kier alpha value is -1.75. The molecule has 0 aliphatic rings. The number of hydrogen-bond donors (Lipinski definition) is 2. The van der Waals surface area contributed by atoms with Gasteiger partial charge in [-0.05, 0) is 24.6 Å². The van der Waals surface area contributed by atoms with Crippen LogP contribution in [0.2, 0.25) is 0 Å². The van der Waals surface area contributed by atoms with Crippen LogP contribution >= 0.6 is 0 Å². The van der Waals surface area contributed by atoms with Crippen LogP contribution in [-0.2, 0) is 4.84 Å². The van der Waals surface area contributed by atoms with E-state index in [2.05, 4.69) is 0 Å². The highest BCUT2D eigenvalue weighted by Crippen LogP contribution is 2.24. The van der Waals surface area contributed by atoms with Gasteiger partial charge in [-0.1, -0.05) is 0 Å². The van der Waals surface area contributed by atoms with Crippen molar-refractivity contribution in [3.8, 4) is 0 Å². The van der Waals surface area contributed by atoms with E-state index in [0.29, 0.717) is 11.3 Å². The Morgan fingerprint density at radius 2 is 2.13 bits per heavy atom. The normalized spacial score (nSPS) is 10.1. The van der Waals surface area contributed by atoms with Crippen molar-refractivity contribution in [1.29, 1.82) is 0 Å². The number of hydrogen-bond acceptors (Lipinski definition) is 4. The molecule has 0 bridgehead atoms. The minimum atomic E-state index is -1.04. The lowest BCUT2D eigenvalue weighted by atomic mass is 10.1. The van der Waals surface area contributed by atoms with E-state index >= 15 is 0 Å². The van der Waals surface area contributed by atoms with E-state index in [1.54, 1.807) is 20.0 Å². The molecule has 0 saturated heterocycles. The van der Waals surface area contributed by atoms with E-state index in [4.69, 9.17) is 15.7 Å². The molecule has 0 aliphatic heterocycles. The number of aryl methyl sites for hydroxylation is 1. The zero-order valence-corrected chi connectivity index (χ0v) is 8.94. The lowest BCUT2D eigenvalue weighted by Gasteiger charge is -2.18. The van der Waals surface area contributed by atoms with Crippen LogP contribution < -0.4 is 10.8 Å². The summed E-state index contributed by atoms with van der Waals surface area (Å²) in [5.41, 5.74) is 7.40. The molecule has 1 rings (SSSR count). The SMILES string of the molecule is CON(C)c1cc(C)c(N)c(C(=O)O)c1. The molecule has 5 nitrogen and oxygen atoms in total. The van der Waals surface area contributed by atoms with Gasteiger partial charge in [0.1, 0.15) is 0 Å². The van der Waals surface area contributed by atoms with Gasteiger partial charge in [0.25, 0.3) is 0 Å². The number of hydroxylamine groups is 1. The molecule has 3 N–H and O–H groups in total. The Morgan fingerprint density at radius 1 is 1.53 bits per heavy atom. The number of rotatable bonds is 3. The third kappa shape index (κ3) is 2.19. The number of anilines is 2. The zero-order chi connectivity index (χ0) is 11.6. The van der Waals surface area contributed by atoms with Gasteiger partial charge in [0.2, 0.25) is 0 Å². The minimum Gasteiger partial charge on any atom is -0.478 e. The molecule has 0 aliphatic carbocycles. The Morgan fingerprint density at radius 3 is 2.60 bits per heavy atom. The molecule has 0 radical (unpaired) electrons. The maximum atomic E-state index is 10.9. The summed E-state index contributed by atoms with van der Waals surface area (Å²) in [6.07, 6.45) is 0. The quantitative estimate of drug-likeness (QED) is 0.580. The molecule has 0 heterocycles. The fraction of sp³-hybridized carbons (Fsp3) is 0.300. The topological polar surface area (TPSA) is 75.8 Å². The highest BCUT2D eigenvalue weighted by molar-refractivity contribution is 5.95. The Kier molecular flexibility index (Phi) is 3.16. The van der Waals surface area contributed by atoms with Gasteiger partial charge in [-0.25, -0.2) is 4.79 Å². The second-order valence-corrected chi connectivity index (χ2v) is 3.21. The molecule has 82 valence electrons. The van der Waals surface area contributed by atoms with Gasteiger partial charge in [-0.15, -0.1) is 0 Å². The molecule has 0 saturated carbocycles. The molecule has 0 aromatic heterocycles. The third-order valence-electron chi connectivity index (χ3n) is 2.24. The maximum Gasteiger partial charge on any atom is 0.337 e. The maximum absolute atomic E-state index is 10.9. The summed E-state index contributed by atoms with van der Waals surface area (Å²) in [7, 11) is 3.20. The molecule has 0 unspecified atom stereocenters.